The summed E-state index contributed by atoms with van der Waals surface area (Å²) in [5.74, 6) is 0.259. The number of amides is 1. The first kappa shape index (κ1) is 24.8. The second kappa shape index (κ2) is 13.6. The Morgan fingerprint density at radius 2 is 2.15 bits per heavy atom. The molecule has 0 saturated carbocycles. The fourth-order valence-corrected chi connectivity index (χ4v) is 3.52. The third-order valence-corrected chi connectivity index (χ3v) is 5.10. The average Bonchev–Trinajstić information content (AvgIpc) is 2.84. The van der Waals surface area contributed by atoms with Gasteiger partial charge in [0.05, 0.1) is 24.7 Å². The van der Waals surface area contributed by atoms with Crippen molar-refractivity contribution in [3.63, 3.8) is 0 Å². The molecule has 33 heavy (non-hydrogen) atoms. The van der Waals surface area contributed by atoms with Gasteiger partial charge in [0.1, 0.15) is 5.82 Å². The molecular weight excluding hydrogens is 422 g/mol. The number of anilines is 1. The first-order valence-corrected chi connectivity index (χ1v) is 11.3. The molecule has 3 N–H and O–H groups in total. The summed E-state index contributed by atoms with van der Waals surface area (Å²) in [4.78, 5) is 28.0. The predicted molar refractivity (Wildman–Crippen MR) is 126 cm³/mol. The molecule has 0 spiro atoms. The zero-order chi connectivity index (χ0) is 23.3. The zero-order valence-electron chi connectivity index (χ0n) is 19.0. The minimum absolute atomic E-state index is 0.0980. The molecule has 1 unspecified atom stereocenters. The van der Waals surface area contributed by atoms with E-state index in [2.05, 4.69) is 44.7 Å². The number of aliphatic hydroxyl groups excluding tert-OH is 1. The number of nitrogens with zero attached hydrogens (tertiary/aromatic N) is 3. The van der Waals surface area contributed by atoms with Gasteiger partial charge in [0.15, 0.2) is 6.29 Å². The van der Waals surface area contributed by atoms with Crippen molar-refractivity contribution in [3.05, 3.63) is 60.1 Å². The Bertz CT molecular complexity index is 857. The molecule has 0 radical (unpaired) electrons. The third-order valence-electron chi connectivity index (χ3n) is 5.10. The normalized spacial score (nSPS) is 17.2. The monoisotopic (exact) mass is 455 g/mol. The van der Waals surface area contributed by atoms with E-state index >= 15 is 0 Å². The molecule has 3 rings (SSSR count). The van der Waals surface area contributed by atoms with Gasteiger partial charge in [-0.2, -0.15) is 0 Å². The minimum Gasteiger partial charge on any atom is -0.395 e. The lowest BCUT2D eigenvalue weighted by Gasteiger charge is -2.25. The van der Waals surface area contributed by atoms with Crippen LogP contribution in [0.5, 0.6) is 0 Å². The van der Waals surface area contributed by atoms with Crippen LogP contribution in [0.3, 0.4) is 0 Å². The largest absolute Gasteiger partial charge is 0.395 e. The van der Waals surface area contributed by atoms with Gasteiger partial charge in [0.25, 0.3) is 5.91 Å². The van der Waals surface area contributed by atoms with Crippen LogP contribution in [-0.4, -0.2) is 64.5 Å². The van der Waals surface area contributed by atoms with E-state index in [4.69, 9.17) is 9.57 Å². The maximum Gasteiger partial charge on any atom is 0.267 e. The average molecular weight is 456 g/mol. The van der Waals surface area contributed by atoms with E-state index in [1.54, 1.807) is 18.5 Å². The number of ether oxygens (including phenoxy) is 1. The van der Waals surface area contributed by atoms with Crippen LogP contribution >= 0.6 is 0 Å². The summed E-state index contributed by atoms with van der Waals surface area (Å²) in [6, 6.07) is 10.3. The highest BCUT2D eigenvalue weighted by Gasteiger charge is 2.15. The number of rotatable bonds is 12. The van der Waals surface area contributed by atoms with Crippen molar-refractivity contribution in [2.24, 2.45) is 0 Å². The molecule has 1 saturated heterocycles. The Hall–Kier alpha value is -2.85. The van der Waals surface area contributed by atoms with Gasteiger partial charge < -0.3 is 15.2 Å². The number of hydrogen-bond acceptors (Lipinski definition) is 8. The highest BCUT2D eigenvalue weighted by atomic mass is 16.8. The SMILES string of the molecule is C[C@H](CN(CCO)Cc1ccccc1)Nc1cnc(/C=C/C(=O)NOC2CCCCO2)cn1. The van der Waals surface area contributed by atoms with Crippen molar-refractivity contribution < 1.29 is 19.5 Å². The Balaban J connectivity index is 1.43. The number of carbonyl (C=O) groups excluding carboxylic acids is 1. The molecule has 178 valence electrons. The van der Waals surface area contributed by atoms with E-state index < -0.39 is 0 Å². The van der Waals surface area contributed by atoms with Crippen molar-refractivity contribution in [1.82, 2.24) is 20.3 Å². The smallest absolute Gasteiger partial charge is 0.267 e. The number of hydroxylamine groups is 1. The van der Waals surface area contributed by atoms with Crippen LogP contribution < -0.4 is 10.8 Å². The molecule has 0 bridgehead atoms. The van der Waals surface area contributed by atoms with Gasteiger partial charge in [-0.3, -0.25) is 14.7 Å². The van der Waals surface area contributed by atoms with Gasteiger partial charge in [0, 0.05) is 44.8 Å². The molecule has 1 aliphatic heterocycles. The van der Waals surface area contributed by atoms with Gasteiger partial charge in [-0.05, 0) is 31.4 Å². The van der Waals surface area contributed by atoms with Crippen molar-refractivity contribution in [1.29, 1.82) is 0 Å². The van der Waals surface area contributed by atoms with Gasteiger partial charge in [-0.1, -0.05) is 30.3 Å². The quantitative estimate of drug-likeness (QED) is 0.331. The van der Waals surface area contributed by atoms with Crippen molar-refractivity contribution in [2.45, 2.75) is 45.1 Å². The summed E-state index contributed by atoms with van der Waals surface area (Å²) in [5, 5.41) is 12.7. The fraction of sp³-hybridized carbons (Fsp3) is 0.458. The number of aliphatic hydroxyl groups is 1. The highest BCUT2D eigenvalue weighted by molar-refractivity contribution is 5.90. The number of hydrogen-bond donors (Lipinski definition) is 3. The molecule has 1 amide bonds. The van der Waals surface area contributed by atoms with Gasteiger partial charge in [0.2, 0.25) is 0 Å². The molecule has 1 fully saturated rings. The van der Waals surface area contributed by atoms with Gasteiger partial charge in [-0.25, -0.2) is 15.3 Å². The van der Waals surface area contributed by atoms with Crippen molar-refractivity contribution in [3.8, 4) is 0 Å². The lowest BCUT2D eigenvalue weighted by Crippen LogP contribution is -2.36. The van der Waals surface area contributed by atoms with Crippen LogP contribution in [0.4, 0.5) is 5.82 Å². The molecular formula is C24H33N5O4. The Kier molecular flexibility index (Phi) is 10.2. The van der Waals surface area contributed by atoms with E-state index in [9.17, 15) is 9.90 Å². The molecule has 0 aliphatic carbocycles. The third kappa shape index (κ3) is 9.27. The van der Waals surface area contributed by atoms with E-state index in [0.29, 0.717) is 24.7 Å². The number of nitrogens with one attached hydrogen (secondary N) is 2. The molecule has 2 aromatic rings. The molecule has 1 aromatic carbocycles. The lowest BCUT2D eigenvalue weighted by atomic mass is 10.2. The molecule has 2 atom stereocenters. The van der Waals surface area contributed by atoms with Crippen LogP contribution in [0.1, 0.15) is 37.4 Å². The predicted octanol–water partition coefficient (Wildman–Crippen LogP) is 2.36. The summed E-state index contributed by atoms with van der Waals surface area (Å²) in [7, 11) is 0. The molecule has 9 nitrogen and oxygen atoms in total. The fourth-order valence-electron chi connectivity index (χ4n) is 3.52. The van der Waals surface area contributed by atoms with E-state index in [1.165, 1.54) is 11.6 Å². The lowest BCUT2D eigenvalue weighted by molar-refractivity contribution is -0.198. The first-order valence-electron chi connectivity index (χ1n) is 11.3. The van der Waals surface area contributed by atoms with E-state index in [-0.39, 0.29) is 24.8 Å². The van der Waals surface area contributed by atoms with Gasteiger partial charge in [-0.15, -0.1) is 0 Å². The second-order valence-corrected chi connectivity index (χ2v) is 8.03. The van der Waals surface area contributed by atoms with Crippen molar-refractivity contribution in [2.75, 3.05) is 31.6 Å². The summed E-state index contributed by atoms with van der Waals surface area (Å²) in [6.07, 6.45) is 8.58. The summed E-state index contributed by atoms with van der Waals surface area (Å²) >= 11 is 0. The van der Waals surface area contributed by atoms with Crippen LogP contribution in [-0.2, 0) is 20.9 Å². The Morgan fingerprint density at radius 1 is 1.30 bits per heavy atom. The summed E-state index contributed by atoms with van der Waals surface area (Å²) in [6.45, 7) is 4.91. The number of carbonyl (C=O) groups is 1. The topological polar surface area (TPSA) is 109 Å². The number of benzene rings is 1. The minimum atomic E-state index is -0.385. The summed E-state index contributed by atoms with van der Waals surface area (Å²) < 4.78 is 5.40. The maximum atomic E-state index is 11.9. The number of aromatic nitrogens is 2. The van der Waals surface area contributed by atoms with Crippen LogP contribution in [0.25, 0.3) is 6.08 Å². The van der Waals surface area contributed by atoms with Crippen molar-refractivity contribution >= 4 is 17.8 Å². The Morgan fingerprint density at radius 3 is 2.85 bits per heavy atom. The molecule has 1 aliphatic rings. The first-order chi connectivity index (χ1) is 16.1. The standard InChI is InChI=1S/C24H33N5O4/c1-19(17-29(12-13-30)18-20-7-3-2-4-8-20)27-22-16-25-21(15-26-22)10-11-23(31)28-33-24-9-5-6-14-32-24/h2-4,7-8,10-11,15-16,19,24,30H,5-6,9,12-14,17-18H2,1H3,(H,26,27)(H,28,31)/b11-10+/t19-,24?/m1/s1. The molecule has 1 aromatic heterocycles. The van der Waals surface area contributed by atoms with Gasteiger partial charge >= 0.3 is 0 Å². The highest BCUT2D eigenvalue weighted by Crippen LogP contribution is 2.12. The molecule has 9 heteroatoms. The second-order valence-electron chi connectivity index (χ2n) is 8.03. The van der Waals surface area contributed by atoms with E-state index in [1.807, 2.05) is 18.2 Å². The summed E-state index contributed by atoms with van der Waals surface area (Å²) in [5.41, 5.74) is 4.13. The zero-order valence-corrected chi connectivity index (χ0v) is 19.0. The van der Waals surface area contributed by atoms with Crippen LogP contribution in [0.2, 0.25) is 0 Å². The van der Waals surface area contributed by atoms with E-state index in [0.717, 1.165) is 32.4 Å². The molecule has 2 heterocycles. The maximum absolute atomic E-state index is 11.9. The van der Waals surface area contributed by atoms with Crippen LogP contribution in [0, 0.1) is 0 Å². The van der Waals surface area contributed by atoms with Crippen LogP contribution in [0.15, 0.2) is 48.8 Å². The Labute approximate surface area is 194 Å².